The van der Waals surface area contributed by atoms with Crippen molar-refractivity contribution in [3.63, 3.8) is 0 Å². The molecule has 0 aliphatic carbocycles. The SMILES string of the molecule is CC(C)c1c2cc(-c3nc(Nc4ccc5c(n4)CCN(CC(F)(F)F)C5)ncc3F)ccc2nn1C. The minimum atomic E-state index is -4.23. The largest absolute Gasteiger partial charge is 0.401 e. The number of halogens is 4. The molecule has 1 aliphatic rings. The highest BCUT2D eigenvalue weighted by molar-refractivity contribution is 5.86. The van der Waals surface area contributed by atoms with Gasteiger partial charge in [0.15, 0.2) is 5.82 Å². The van der Waals surface area contributed by atoms with Gasteiger partial charge < -0.3 is 5.32 Å². The van der Waals surface area contributed by atoms with Crippen LogP contribution in [0.2, 0.25) is 0 Å². The molecule has 0 radical (unpaired) electrons. The predicted octanol–water partition coefficient (Wildman–Crippen LogP) is 5.35. The van der Waals surface area contributed by atoms with Gasteiger partial charge in [0, 0.05) is 48.9 Å². The number of alkyl halides is 3. The average Bonchev–Trinajstić information content (AvgIpc) is 3.14. The molecule has 0 amide bonds. The van der Waals surface area contributed by atoms with Gasteiger partial charge in [0.25, 0.3) is 0 Å². The Balaban J connectivity index is 1.40. The number of benzene rings is 1. The van der Waals surface area contributed by atoms with E-state index in [0.717, 1.165) is 34.1 Å². The molecular formula is C25H25F4N7. The van der Waals surface area contributed by atoms with E-state index in [9.17, 15) is 17.6 Å². The normalized spacial score (nSPS) is 14.4. The van der Waals surface area contributed by atoms with Crippen molar-refractivity contribution >= 4 is 22.7 Å². The summed E-state index contributed by atoms with van der Waals surface area (Å²) < 4.78 is 54.8. The van der Waals surface area contributed by atoms with Gasteiger partial charge in [-0.25, -0.2) is 19.3 Å². The molecule has 5 rings (SSSR count). The van der Waals surface area contributed by atoms with Crippen LogP contribution in [0.25, 0.3) is 22.2 Å². The van der Waals surface area contributed by atoms with Crippen LogP contribution < -0.4 is 5.32 Å². The molecule has 0 saturated heterocycles. The lowest BCUT2D eigenvalue weighted by molar-refractivity contribution is -0.147. The quantitative estimate of drug-likeness (QED) is 0.373. The molecule has 36 heavy (non-hydrogen) atoms. The number of rotatable bonds is 5. The van der Waals surface area contributed by atoms with Crippen LogP contribution in [0, 0.1) is 5.82 Å². The van der Waals surface area contributed by atoms with Crippen LogP contribution in [0.4, 0.5) is 29.3 Å². The van der Waals surface area contributed by atoms with E-state index in [-0.39, 0.29) is 30.6 Å². The maximum Gasteiger partial charge on any atom is 0.401 e. The monoisotopic (exact) mass is 499 g/mol. The van der Waals surface area contributed by atoms with E-state index < -0.39 is 18.5 Å². The van der Waals surface area contributed by atoms with E-state index >= 15 is 0 Å². The van der Waals surface area contributed by atoms with Gasteiger partial charge in [-0.3, -0.25) is 9.58 Å². The summed E-state index contributed by atoms with van der Waals surface area (Å²) in [6.45, 7) is 3.68. The Morgan fingerprint density at radius 1 is 1.11 bits per heavy atom. The number of aryl methyl sites for hydroxylation is 1. The van der Waals surface area contributed by atoms with Crippen molar-refractivity contribution in [2.75, 3.05) is 18.4 Å². The number of nitrogens with zero attached hydrogens (tertiary/aromatic N) is 6. The van der Waals surface area contributed by atoms with Gasteiger partial charge in [-0.1, -0.05) is 26.0 Å². The molecule has 11 heteroatoms. The fraction of sp³-hybridized carbons (Fsp3) is 0.360. The van der Waals surface area contributed by atoms with Crippen LogP contribution in [-0.2, 0) is 20.0 Å². The molecular weight excluding hydrogens is 474 g/mol. The summed E-state index contributed by atoms with van der Waals surface area (Å²) in [6, 6.07) is 8.92. The number of anilines is 2. The first-order chi connectivity index (χ1) is 17.1. The molecule has 7 nitrogen and oxygen atoms in total. The van der Waals surface area contributed by atoms with Crippen molar-refractivity contribution in [2.24, 2.45) is 7.05 Å². The summed E-state index contributed by atoms with van der Waals surface area (Å²) in [4.78, 5) is 14.3. The standard InChI is InChI=1S/C25H25F4N7/c1-14(2)23-17-10-15(4-6-20(17)34-35(23)3)22-18(26)11-30-24(33-22)32-21-7-5-16-12-36(13-25(27,28)29)9-8-19(16)31-21/h4-7,10-11,14H,8-9,12-13H2,1-3H3,(H,30,31,32,33). The highest BCUT2D eigenvalue weighted by Gasteiger charge is 2.32. The molecule has 188 valence electrons. The van der Waals surface area contributed by atoms with Gasteiger partial charge in [0.2, 0.25) is 5.95 Å². The zero-order valence-electron chi connectivity index (χ0n) is 20.1. The molecule has 4 heterocycles. The average molecular weight is 500 g/mol. The van der Waals surface area contributed by atoms with Crippen LogP contribution in [0.1, 0.15) is 36.7 Å². The van der Waals surface area contributed by atoms with Crippen molar-refractivity contribution in [2.45, 2.75) is 38.9 Å². The fourth-order valence-electron chi connectivity index (χ4n) is 4.73. The van der Waals surface area contributed by atoms with Gasteiger partial charge in [-0.15, -0.1) is 0 Å². The van der Waals surface area contributed by atoms with E-state index in [1.165, 1.54) is 4.90 Å². The minimum Gasteiger partial charge on any atom is -0.309 e. The van der Waals surface area contributed by atoms with E-state index in [4.69, 9.17) is 0 Å². The van der Waals surface area contributed by atoms with E-state index in [0.29, 0.717) is 17.8 Å². The Hall–Kier alpha value is -3.60. The van der Waals surface area contributed by atoms with Crippen LogP contribution in [0.15, 0.2) is 36.5 Å². The highest BCUT2D eigenvalue weighted by Crippen LogP contribution is 2.31. The van der Waals surface area contributed by atoms with Gasteiger partial charge in [0.1, 0.15) is 11.5 Å². The van der Waals surface area contributed by atoms with Crippen LogP contribution in [0.5, 0.6) is 0 Å². The number of hydrogen-bond acceptors (Lipinski definition) is 6. The number of pyridine rings is 1. The first-order valence-corrected chi connectivity index (χ1v) is 11.6. The first kappa shape index (κ1) is 24.1. The predicted molar refractivity (Wildman–Crippen MR) is 128 cm³/mol. The second-order valence-corrected chi connectivity index (χ2v) is 9.29. The van der Waals surface area contributed by atoms with Crippen LogP contribution in [-0.4, -0.2) is 48.9 Å². The minimum absolute atomic E-state index is 0.147. The summed E-state index contributed by atoms with van der Waals surface area (Å²) in [6.07, 6.45) is -2.73. The number of hydrogen-bond donors (Lipinski definition) is 1. The third kappa shape index (κ3) is 4.88. The van der Waals surface area contributed by atoms with Crippen molar-refractivity contribution in [1.82, 2.24) is 29.6 Å². The van der Waals surface area contributed by atoms with Crippen molar-refractivity contribution in [3.05, 3.63) is 59.3 Å². The molecule has 0 spiro atoms. The Kier molecular flexibility index (Phi) is 6.11. The lowest BCUT2D eigenvalue weighted by Crippen LogP contribution is -2.38. The van der Waals surface area contributed by atoms with Gasteiger partial charge in [0.05, 0.1) is 18.3 Å². The second kappa shape index (κ2) is 9.12. The lowest BCUT2D eigenvalue weighted by atomic mass is 10.0. The molecule has 0 bridgehead atoms. The van der Waals surface area contributed by atoms with Crippen molar-refractivity contribution in [3.8, 4) is 11.3 Å². The molecule has 0 atom stereocenters. The molecule has 0 saturated carbocycles. The summed E-state index contributed by atoms with van der Waals surface area (Å²) >= 11 is 0. The fourth-order valence-corrected chi connectivity index (χ4v) is 4.73. The highest BCUT2D eigenvalue weighted by atomic mass is 19.4. The smallest absolute Gasteiger partial charge is 0.309 e. The first-order valence-electron chi connectivity index (χ1n) is 11.6. The maximum atomic E-state index is 14.8. The van der Waals surface area contributed by atoms with Crippen molar-refractivity contribution < 1.29 is 17.6 Å². The Labute approximate surface area is 205 Å². The maximum absolute atomic E-state index is 14.8. The summed E-state index contributed by atoms with van der Waals surface area (Å²) in [5, 5.41) is 8.47. The summed E-state index contributed by atoms with van der Waals surface area (Å²) in [5.74, 6) is 0.292. The van der Waals surface area contributed by atoms with Gasteiger partial charge in [-0.2, -0.15) is 18.3 Å². The third-order valence-corrected chi connectivity index (χ3v) is 6.21. The molecule has 0 unspecified atom stereocenters. The van der Waals surface area contributed by atoms with Crippen LogP contribution >= 0.6 is 0 Å². The lowest BCUT2D eigenvalue weighted by Gasteiger charge is -2.28. The van der Waals surface area contributed by atoms with Crippen LogP contribution in [0.3, 0.4) is 0 Å². The molecule has 1 aromatic carbocycles. The van der Waals surface area contributed by atoms with Gasteiger partial charge >= 0.3 is 6.18 Å². The second-order valence-electron chi connectivity index (χ2n) is 9.29. The Bertz CT molecular complexity index is 1430. The van der Waals surface area contributed by atoms with Crippen molar-refractivity contribution in [1.29, 1.82) is 0 Å². The van der Waals surface area contributed by atoms with E-state index in [1.807, 2.05) is 23.9 Å². The molecule has 3 aromatic heterocycles. The van der Waals surface area contributed by atoms with Gasteiger partial charge in [-0.05, 0) is 29.7 Å². The summed E-state index contributed by atoms with van der Waals surface area (Å²) in [7, 11) is 1.89. The number of fused-ring (bicyclic) bond motifs is 2. The molecule has 4 aromatic rings. The molecule has 1 N–H and O–H groups in total. The van der Waals surface area contributed by atoms with E-state index in [1.54, 1.807) is 18.2 Å². The zero-order valence-corrected chi connectivity index (χ0v) is 20.1. The molecule has 1 aliphatic heterocycles. The number of nitrogens with one attached hydrogen (secondary N) is 1. The van der Waals surface area contributed by atoms with E-state index in [2.05, 4.69) is 39.2 Å². The number of aromatic nitrogens is 5. The third-order valence-electron chi connectivity index (χ3n) is 6.21. The Morgan fingerprint density at radius 3 is 2.67 bits per heavy atom. The Morgan fingerprint density at radius 2 is 1.92 bits per heavy atom. The molecule has 0 fully saturated rings. The zero-order chi connectivity index (χ0) is 25.6. The topological polar surface area (TPSA) is 71.8 Å². The summed E-state index contributed by atoms with van der Waals surface area (Å²) in [5.41, 5.74) is 4.10.